The first-order chi connectivity index (χ1) is 17.1. The SMILES string of the molecule is COc1ccc(/C=C2\Oc3cc(OCCN4CCN(c5ccc(F)cc5)CC4)ccc3C2=O)cc1. The zero-order valence-electron chi connectivity index (χ0n) is 19.6. The van der Waals surface area contributed by atoms with Gasteiger partial charge in [0.1, 0.15) is 29.7 Å². The average molecular weight is 475 g/mol. The van der Waals surface area contributed by atoms with Crippen LogP contribution in [0, 0.1) is 5.82 Å². The van der Waals surface area contributed by atoms with Gasteiger partial charge in [-0.1, -0.05) is 12.1 Å². The van der Waals surface area contributed by atoms with Gasteiger partial charge in [0.25, 0.3) is 0 Å². The molecule has 0 bridgehead atoms. The largest absolute Gasteiger partial charge is 0.497 e. The number of halogens is 1. The highest BCUT2D eigenvalue weighted by molar-refractivity contribution is 6.14. The van der Waals surface area contributed by atoms with Gasteiger partial charge >= 0.3 is 0 Å². The third-order valence-corrected chi connectivity index (χ3v) is 6.30. The second-order valence-corrected chi connectivity index (χ2v) is 8.52. The van der Waals surface area contributed by atoms with E-state index in [1.165, 1.54) is 12.1 Å². The highest BCUT2D eigenvalue weighted by atomic mass is 19.1. The number of hydrogen-bond acceptors (Lipinski definition) is 6. The molecule has 7 heteroatoms. The maximum Gasteiger partial charge on any atom is 0.231 e. The van der Waals surface area contributed by atoms with Crippen LogP contribution in [-0.4, -0.2) is 57.1 Å². The number of nitrogens with zero attached hydrogens (tertiary/aromatic N) is 2. The summed E-state index contributed by atoms with van der Waals surface area (Å²) in [5, 5.41) is 0. The number of methoxy groups -OCH3 is 1. The molecular formula is C28H27FN2O4. The molecule has 6 nitrogen and oxygen atoms in total. The minimum atomic E-state index is -0.213. The van der Waals surface area contributed by atoms with Crippen LogP contribution in [0.2, 0.25) is 0 Å². The number of anilines is 1. The molecule has 3 aromatic rings. The van der Waals surface area contributed by atoms with Crippen LogP contribution in [0.15, 0.2) is 72.5 Å². The first-order valence-electron chi connectivity index (χ1n) is 11.7. The smallest absolute Gasteiger partial charge is 0.231 e. The van der Waals surface area contributed by atoms with E-state index >= 15 is 0 Å². The lowest BCUT2D eigenvalue weighted by molar-refractivity contribution is 0.101. The lowest BCUT2D eigenvalue weighted by atomic mass is 10.1. The first-order valence-corrected chi connectivity index (χ1v) is 11.7. The van der Waals surface area contributed by atoms with E-state index < -0.39 is 0 Å². The molecule has 3 aromatic carbocycles. The highest BCUT2D eigenvalue weighted by Crippen LogP contribution is 2.35. The van der Waals surface area contributed by atoms with Gasteiger partial charge in [0.2, 0.25) is 5.78 Å². The van der Waals surface area contributed by atoms with Crippen molar-refractivity contribution >= 4 is 17.5 Å². The van der Waals surface area contributed by atoms with E-state index in [4.69, 9.17) is 14.2 Å². The molecule has 0 amide bonds. The topological polar surface area (TPSA) is 51.2 Å². The van der Waals surface area contributed by atoms with E-state index in [-0.39, 0.29) is 11.6 Å². The van der Waals surface area contributed by atoms with E-state index in [9.17, 15) is 9.18 Å². The summed E-state index contributed by atoms with van der Waals surface area (Å²) >= 11 is 0. The zero-order valence-corrected chi connectivity index (χ0v) is 19.6. The molecule has 2 heterocycles. The molecule has 0 unspecified atom stereocenters. The molecule has 0 N–H and O–H groups in total. The van der Waals surface area contributed by atoms with E-state index in [1.54, 1.807) is 25.3 Å². The molecule has 0 radical (unpaired) electrons. The summed E-state index contributed by atoms with van der Waals surface area (Å²) in [5.41, 5.74) is 2.45. The first kappa shape index (κ1) is 22.9. The number of Topliss-reactive ketones (excluding diaryl/α,β-unsaturated/α-hetero) is 1. The van der Waals surface area contributed by atoms with Crippen molar-refractivity contribution in [2.24, 2.45) is 0 Å². The molecule has 2 aliphatic rings. The predicted molar refractivity (Wildman–Crippen MR) is 133 cm³/mol. The monoisotopic (exact) mass is 474 g/mol. The number of ketones is 1. The van der Waals surface area contributed by atoms with Crippen molar-refractivity contribution in [3.05, 3.63) is 89.4 Å². The van der Waals surface area contributed by atoms with Crippen LogP contribution >= 0.6 is 0 Å². The maximum atomic E-state index is 13.1. The van der Waals surface area contributed by atoms with Crippen molar-refractivity contribution in [3.63, 3.8) is 0 Å². The molecule has 35 heavy (non-hydrogen) atoms. The molecule has 0 aliphatic carbocycles. The fourth-order valence-corrected chi connectivity index (χ4v) is 4.28. The van der Waals surface area contributed by atoms with Gasteiger partial charge in [0.15, 0.2) is 5.76 Å². The lowest BCUT2D eigenvalue weighted by Gasteiger charge is -2.36. The number of carbonyl (C=O) groups excluding carboxylic acids is 1. The van der Waals surface area contributed by atoms with Crippen molar-refractivity contribution in [3.8, 4) is 17.2 Å². The minimum Gasteiger partial charge on any atom is -0.497 e. The van der Waals surface area contributed by atoms with Gasteiger partial charge in [-0.2, -0.15) is 0 Å². The summed E-state index contributed by atoms with van der Waals surface area (Å²) in [7, 11) is 1.61. The second kappa shape index (κ2) is 10.2. The second-order valence-electron chi connectivity index (χ2n) is 8.52. The molecule has 180 valence electrons. The molecule has 0 spiro atoms. The highest BCUT2D eigenvalue weighted by Gasteiger charge is 2.27. The molecule has 2 aliphatic heterocycles. The Morgan fingerprint density at radius 1 is 0.943 bits per heavy atom. The van der Waals surface area contributed by atoms with Gasteiger partial charge in [-0.25, -0.2) is 4.39 Å². The Balaban J connectivity index is 1.12. The van der Waals surface area contributed by atoms with Crippen LogP contribution in [0.25, 0.3) is 6.08 Å². The van der Waals surface area contributed by atoms with Crippen LogP contribution in [0.5, 0.6) is 17.2 Å². The number of rotatable bonds is 7. The van der Waals surface area contributed by atoms with Crippen molar-refractivity contribution in [2.75, 3.05) is 51.3 Å². The molecule has 1 fully saturated rings. The van der Waals surface area contributed by atoms with Gasteiger partial charge in [-0.05, 0) is 60.2 Å². The minimum absolute atomic E-state index is 0.138. The fraction of sp³-hybridized carbons (Fsp3) is 0.250. The summed E-state index contributed by atoms with van der Waals surface area (Å²) in [6.07, 6.45) is 1.73. The summed E-state index contributed by atoms with van der Waals surface area (Å²) in [5.74, 6) is 1.89. The van der Waals surface area contributed by atoms with Gasteiger partial charge < -0.3 is 19.1 Å². The van der Waals surface area contributed by atoms with Crippen molar-refractivity contribution in [1.29, 1.82) is 0 Å². The molecule has 0 saturated carbocycles. The third-order valence-electron chi connectivity index (χ3n) is 6.30. The summed E-state index contributed by atoms with van der Waals surface area (Å²) in [6.45, 7) is 4.96. The van der Waals surface area contributed by atoms with Crippen LogP contribution in [-0.2, 0) is 0 Å². The molecule has 1 saturated heterocycles. The van der Waals surface area contributed by atoms with Gasteiger partial charge in [0.05, 0.1) is 12.7 Å². The summed E-state index contributed by atoms with van der Waals surface area (Å²) in [6, 6.07) is 19.4. The number of allylic oxidation sites excluding steroid dienone is 1. The standard InChI is InChI=1S/C28H27FN2O4/c1-33-23-8-2-20(3-9-23)18-27-28(32)25-11-10-24(19-26(25)35-27)34-17-16-30-12-14-31(15-13-30)22-6-4-21(29)5-7-22/h2-11,18-19H,12-17H2,1H3/b27-18-. The molecular weight excluding hydrogens is 447 g/mol. The Hall–Kier alpha value is -3.84. The van der Waals surface area contributed by atoms with Crippen LogP contribution in [0.4, 0.5) is 10.1 Å². The van der Waals surface area contributed by atoms with E-state index in [0.29, 0.717) is 29.4 Å². The average Bonchev–Trinajstić information content (AvgIpc) is 3.19. The maximum absolute atomic E-state index is 13.1. The Morgan fingerprint density at radius 2 is 1.66 bits per heavy atom. The predicted octanol–water partition coefficient (Wildman–Crippen LogP) is 4.65. The molecule has 0 atom stereocenters. The van der Waals surface area contributed by atoms with Crippen molar-refractivity contribution in [1.82, 2.24) is 4.90 Å². The van der Waals surface area contributed by atoms with Gasteiger partial charge in [0, 0.05) is 44.5 Å². The number of hydrogen-bond donors (Lipinski definition) is 0. The number of ether oxygens (including phenoxy) is 3. The van der Waals surface area contributed by atoms with Crippen LogP contribution < -0.4 is 19.1 Å². The van der Waals surface area contributed by atoms with Crippen LogP contribution in [0.1, 0.15) is 15.9 Å². The molecule has 0 aromatic heterocycles. The Morgan fingerprint density at radius 3 is 2.37 bits per heavy atom. The Bertz CT molecular complexity index is 1220. The van der Waals surface area contributed by atoms with E-state index in [0.717, 1.165) is 49.7 Å². The van der Waals surface area contributed by atoms with E-state index in [1.807, 2.05) is 42.5 Å². The normalized spacial score (nSPS) is 16.8. The van der Waals surface area contributed by atoms with Gasteiger partial charge in [-0.3, -0.25) is 9.69 Å². The number of piperazine rings is 1. The zero-order chi connectivity index (χ0) is 24.2. The van der Waals surface area contributed by atoms with Crippen molar-refractivity contribution < 1.29 is 23.4 Å². The Kier molecular flexibility index (Phi) is 6.68. The summed E-state index contributed by atoms with van der Waals surface area (Å²) in [4.78, 5) is 17.3. The lowest BCUT2D eigenvalue weighted by Crippen LogP contribution is -2.47. The third kappa shape index (κ3) is 5.30. The molecule has 5 rings (SSSR count). The fourth-order valence-electron chi connectivity index (χ4n) is 4.28. The summed E-state index contributed by atoms with van der Waals surface area (Å²) < 4.78 is 30.1. The Labute approximate surface area is 204 Å². The van der Waals surface area contributed by atoms with E-state index in [2.05, 4.69) is 9.80 Å². The van der Waals surface area contributed by atoms with Gasteiger partial charge in [-0.15, -0.1) is 0 Å². The van der Waals surface area contributed by atoms with Crippen LogP contribution in [0.3, 0.4) is 0 Å². The number of carbonyl (C=O) groups is 1. The number of fused-ring (bicyclic) bond motifs is 1. The quantitative estimate of drug-likeness (QED) is 0.465. The number of benzene rings is 3. The van der Waals surface area contributed by atoms with Crippen molar-refractivity contribution in [2.45, 2.75) is 0 Å².